The van der Waals surface area contributed by atoms with Crippen LogP contribution in [0.15, 0.2) is 42.0 Å². The number of aliphatic hydroxyl groups is 1. The van der Waals surface area contributed by atoms with Gasteiger partial charge in [0.15, 0.2) is 4.51 Å². The molecule has 3 nitrogen and oxygen atoms in total. The molecule has 38 heavy (non-hydrogen) atoms. The van der Waals surface area contributed by atoms with Crippen molar-refractivity contribution in [1.29, 1.82) is 0 Å². The SMILES string of the molecule is CC(C)CCC[C@@H](C)[C@H]1CC[C@H]2[C@@H]3CC=C4C[C@H](O)CC(Br)(OC(=O)c5ccccc5)[C@]4(C)[C@H]3CC[C@]12C. The van der Waals surface area contributed by atoms with E-state index in [4.69, 9.17) is 4.74 Å². The summed E-state index contributed by atoms with van der Waals surface area (Å²) in [6, 6.07) is 9.29. The highest BCUT2D eigenvalue weighted by Crippen LogP contribution is 2.70. The molecule has 3 fully saturated rings. The van der Waals surface area contributed by atoms with Crippen molar-refractivity contribution in [3.63, 3.8) is 0 Å². The van der Waals surface area contributed by atoms with Gasteiger partial charge in [-0.3, -0.25) is 0 Å². The first kappa shape index (κ1) is 28.4. The molecule has 0 heterocycles. The van der Waals surface area contributed by atoms with E-state index in [-0.39, 0.29) is 11.4 Å². The van der Waals surface area contributed by atoms with E-state index in [0.29, 0.717) is 35.7 Å². The molecular weight excluding hydrogens is 536 g/mol. The van der Waals surface area contributed by atoms with Crippen LogP contribution in [0.1, 0.15) is 109 Å². The minimum atomic E-state index is -0.907. The second-order valence-electron chi connectivity index (χ2n) is 14.1. The van der Waals surface area contributed by atoms with E-state index in [9.17, 15) is 9.90 Å². The zero-order valence-electron chi connectivity index (χ0n) is 24.2. The largest absolute Gasteiger partial charge is 0.443 e. The van der Waals surface area contributed by atoms with Gasteiger partial charge >= 0.3 is 5.97 Å². The molecule has 1 N–H and O–H groups in total. The standard InChI is InChI=1S/C34H49BrO3/c1-22(2)10-9-11-23(3)28-16-17-29-27-15-14-25-20-26(36)21-34(35,38-31(37)24-12-7-6-8-13-24)33(25,5)30(27)18-19-32(28,29)4/h6-8,12-14,22-23,26-30,36H,9-11,15-21H2,1-5H3/t23-,26+,27+,28-,29+,30+,32-,33+,34?/m1/s1. The maximum atomic E-state index is 13.3. The molecule has 0 bridgehead atoms. The van der Waals surface area contributed by atoms with Crippen LogP contribution >= 0.6 is 15.9 Å². The van der Waals surface area contributed by atoms with Gasteiger partial charge in [0.2, 0.25) is 0 Å². The van der Waals surface area contributed by atoms with Gasteiger partial charge in [-0.25, -0.2) is 4.79 Å². The van der Waals surface area contributed by atoms with Crippen LogP contribution in [0.25, 0.3) is 0 Å². The van der Waals surface area contributed by atoms with Gasteiger partial charge in [0, 0.05) is 11.8 Å². The highest BCUT2D eigenvalue weighted by atomic mass is 79.9. The third-order valence-corrected chi connectivity index (χ3v) is 13.0. The van der Waals surface area contributed by atoms with Crippen LogP contribution in [0, 0.1) is 46.3 Å². The molecule has 4 heteroatoms. The Kier molecular flexibility index (Phi) is 7.99. The summed E-state index contributed by atoms with van der Waals surface area (Å²) in [5.74, 6) is 3.87. The monoisotopic (exact) mass is 584 g/mol. The molecule has 0 amide bonds. The summed E-state index contributed by atoms with van der Waals surface area (Å²) in [4.78, 5) is 13.3. The number of halogens is 1. The zero-order valence-corrected chi connectivity index (χ0v) is 25.8. The van der Waals surface area contributed by atoms with Gasteiger partial charge in [0.05, 0.1) is 11.7 Å². The predicted molar refractivity (Wildman–Crippen MR) is 158 cm³/mol. The normalized spacial score (nSPS) is 41.1. The summed E-state index contributed by atoms with van der Waals surface area (Å²) in [5.41, 5.74) is 1.94. The van der Waals surface area contributed by atoms with Crippen LogP contribution in [0.5, 0.6) is 0 Å². The van der Waals surface area contributed by atoms with Crippen molar-refractivity contribution in [2.45, 2.75) is 109 Å². The first-order valence-electron chi connectivity index (χ1n) is 15.3. The van der Waals surface area contributed by atoms with Gasteiger partial charge < -0.3 is 9.84 Å². The fourth-order valence-electron chi connectivity index (χ4n) is 9.67. The molecular formula is C34H49BrO3. The Labute approximate surface area is 239 Å². The number of alkyl halides is 1. The Morgan fingerprint density at radius 2 is 1.82 bits per heavy atom. The Morgan fingerprint density at radius 1 is 1.08 bits per heavy atom. The smallest absolute Gasteiger partial charge is 0.339 e. The molecule has 1 unspecified atom stereocenters. The number of aliphatic hydroxyl groups excluding tert-OH is 1. The molecule has 0 saturated heterocycles. The number of rotatable bonds is 7. The summed E-state index contributed by atoms with van der Waals surface area (Å²) in [6.07, 6.45) is 13.3. The zero-order chi connectivity index (χ0) is 27.3. The van der Waals surface area contributed by atoms with Gasteiger partial charge in [0.25, 0.3) is 0 Å². The number of esters is 1. The van der Waals surface area contributed by atoms with Crippen LogP contribution in [0.2, 0.25) is 0 Å². The first-order chi connectivity index (χ1) is 18.0. The molecule has 4 aliphatic carbocycles. The van der Waals surface area contributed by atoms with Crippen molar-refractivity contribution in [3.8, 4) is 0 Å². The second kappa shape index (κ2) is 10.7. The molecule has 3 saturated carbocycles. The highest BCUT2D eigenvalue weighted by molar-refractivity contribution is 9.10. The lowest BCUT2D eigenvalue weighted by molar-refractivity contribution is -0.125. The Morgan fingerprint density at radius 3 is 2.53 bits per heavy atom. The third kappa shape index (κ3) is 4.74. The van der Waals surface area contributed by atoms with Crippen LogP contribution < -0.4 is 0 Å². The summed E-state index contributed by atoms with van der Waals surface area (Å²) < 4.78 is 5.49. The molecule has 0 aliphatic heterocycles. The number of allylic oxidation sites excluding steroid dienone is 1. The number of hydrogen-bond donors (Lipinski definition) is 1. The number of hydrogen-bond acceptors (Lipinski definition) is 3. The van der Waals surface area contributed by atoms with E-state index >= 15 is 0 Å². The van der Waals surface area contributed by atoms with E-state index in [0.717, 1.165) is 30.1 Å². The summed E-state index contributed by atoms with van der Waals surface area (Å²) in [6.45, 7) is 12.2. The number of carbonyl (C=O) groups is 1. The summed E-state index contributed by atoms with van der Waals surface area (Å²) in [5, 5.41) is 10.9. The van der Waals surface area contributed by atoms with Crippen molar-refractivity contribution < 1.29 is 14.6 Å². The second-order valence-corrected chi connectivity index (χ2v) is 15.4. The maximum Gasteiger partial charge on any atom is 0.339 e. The summed E-state index contributed by atoms with van der Waals surface area (Å²) >= 11 is 4.01. The lowest BCUT2D eigenvalue weighted by Gasteiger charge is -2.62. The molecule has 0 spiro atoms. The fourth-order valence-corrected chi connectivity index (χ4v) is 10.7. The van der Waals surface area contributed by atoms with Crippen molar-refractivity contribution >= 4 is 21.9 Å². The van der Waals surface area contributed by atoms with Gasteiger partial charge in [0.1, 0.15) is 0 Å². The first-order valence-corrected chi connectivity index (χ1v) is 16.1. The Balaban J connectivity index is 1.41. The number of carbonyl (C=O) groups excluding carboxylic acids is 1. The van der Waals surface area contributed by atoms with Crippen molar-refractivity contribution in [2.75, 3.05) is 0 Å². The Bertz CT molecular complexity index is 1040. The van der Waals surface area contributed by atoms with E-state index in [1.54, 1.807) is 0 Å². The van der Waals surface area contributed by atoms with E-state index in [2.05, 4.69) is 56.6 Å². The minimum Gasteiger partial charge on any atom is -0.443 e. The van der Waals surface area contributed by atoms with Gasteiger partial charge in [-0.2, -0.15) is 0 Å². The van der Waals surface area contributed by atoms with Crippen molar-refractivity contribution in [1.82, 2.24) is 0 Å². The average molecular weight is 586 g/mol. The van der Waals surface area contributed by atoms with Crippen LogP contribution in [0.3, 0.4) is 0 Å². The summed E-state index contributed by atoms with van der Waals surface area (Å²) in [7, 11) is 0. The van der Waals surface area contributed by atoms with Gasteiger partial charge in [-0.1, -0.05) is 83.7 Å². The molecule has 1 aromatic rings. The van der Waals surface area contributed by atoms with Crippen LogP contribution in [0.4, 0.5) is 0 Å². The molecule has 0 radical (unpaired) electrons. The molecule has 5 rings (SSSR count). The lowest BCUT2D eigenvalue weighted by Crippen LogP contribution is -2.60. The van der Waals surface area contributed by atoms with E-state index in [1.807, 2.05) is 30.3 Å². The van der Waals surface area contributed by atoms with E-state index in [1.165, 1.54) is 50.5 Å². The van der Waals surface area contributed by atoms with Crippen molar-refractivity contribution in [3.05, 3.63) is 47.5 Å². The highest BCUT2D eigenvalue weighted by Gasteiger charge is 2.66. The topological polar surface area (TPSA) is 46.5 Å². The minimum absolute atomic E-state index is 0.309. The lowest BCUT2D eigenvalue weighted by atomic mass is 9.46. The van der Waals surface area contributed by atoms with Crippen LogP contribution in [-0.4, -0.2) is 21.7 Å². The number of fused-ring (bicyclic) bond motifs is 5. The fraction of sp³-hybridized carbons (Fsp3) is 0.735. The predicted octanol–water partition coefficient (Wildman–Crippen LogP) is 8.95. The maximum absolute atomic E-state index is 13.3. The Hall–Kier alpha value is -1.13. The average Bonchev–Trinajstić information content (AvgIpc) is 3.22. The van der Waals surface area contributed by atoms with Crippen molar-refractivity contribution in [2.24, 2.45) is 46.3 Å². The molecule has 1 aromatic carbocycles. The third-order valence-electron chi connectivity index (χ3n) is 11.7. The molecule has 210 valence electrons. The quantitative estimate of drug-likeness (QED) is 0.197. The molecule has 0 aromatic heterocycles. The number of ether oxygens (including phenoxy) is 1. The molecule has 4 aliphatic rings. The van der Waals surface area contributed by atoms with Gasteiger partial charge in [-0.05, 0) is 108 Å². The van der Waals surface area contributed by atoms with Crippen LogP contribution in [-0.2, 0) is 4.74 Å². The molecule has 9 atom stereocenters. The number of benzene rings is 1. The van der Waals surface area contributed by atoms with E-state index < -0.39 is 10.6 Å². The van der Waals surface area contributed by atoms with Gasteiger partial charge in [-0.15, -0.1) is 0 Å².